The lowest BCUT2D eigenvalue weighted by Crippen LogP contribution is -2.28. The molecule has 1 fully saturated rings. The first-order valence-corrected chi connectivity index (χ1v) is 9.38. The van der Waals surface area contributed by atoms with Crippen LogP contribution in [0, 0.1) is 0 Å². The van der Waals surface area contributed by atoms with E-state index in [1.54, 1.807) is 6.07 Å². The standard InChI is InChI=1S/C19H28N4O/c24-19(20-13-12-16-8-4-3-5-9-16)17-10-11-18(22-21-17)23-14-6-1-2-7-15-23/h8,10-11H,1-7,9,12-15H2,(H,20,24). The molecule has 1 saturated heterocycles. The van der Waals surface area contributed by atoms with Crippen LogP contribution in [0.4, 0.5) is 5.82 Å². The minimum atomic E-state index is -0.124. The Kier molecular flexibility index (Phi) is 6.21. The van der Waals surface area contributed by atoms with Crippen LogP contribution in [-0.4, -0.2) is 35.7 Å². The summed E-state index contributed by atoms with van der Waals surface area (Å²) < 4.78 is 0. The number of allylic oxidation sites excluding steroid dienone is 1. The van der Waals surface area contributed by atoms with Gasteiger partial charge in [-0.2, -0.15) is 0 Å². The van der Waals surface area contributed by atoms with Crippen LogP contribution in [0.25, 0.3) is 0 Å². The summed E-state index contributed by atoms with van der Waals surface area (Å²) in [4.78, 5) is 14.5. The molecule has 130 valence electrons. The summed E-state index contributed by atoms with van der Waals surface area (Å²) in [5.74, 6) is 0.766. The van der Waals surface area contributed by atoms with Gasteiger partial charge in [0.2, 0.25) is 0 Å². The molecule has 2 aliphatic rings. The molecule has 0 bridgehead atoms. The summed E-state index contributed by atoms with van der Waals surface area (Å²) >= 11 is 0. The number of anilines is 1. The van der Waals surface area contributed by atoms with E-state index in [2.05, 4.69) is 26.5 Å². The van der Waals surface area contributed by atoms with Crippen LogP contribution in [0.15, 0.2) is 23.8 Å². The third-order valence-corrected chi connectivity index (χ3v) is 4.93. The summed E-state index contributed by atoms with van der Waals surface area (Å²) in [6.07, 6.45) is 13.2. The van der Waals surface area contributed by atoms with E-state index in [0.29, 0.717) is 12.2 Å². The smallest absolute Gasteiger partial charge is 0.271 e. The fourth-order valence-electron chi connectivity index (χ4n) is 3.47. The summed E-state index contributed by atoms with van der Waals surface area (Å²) in [7, 11) is 0. The van der Waals surface area contributed by atoms with Gasteiger partial charge in [-0.25, -0.2) is 0 Å². The van der Waals surface area contributed by atoms with Gasteiger partial charge in [0.1, 0.15) is 0 Å². The number of amides is 1. The lowest BCUT2D eigenvalue weighted by Gasteiger charge is -2.20. The Hall–Kier alpha value is -1.91. The van der Waals surface area contributed by atoms with Crippen LogP contribution in [0.2, 0.25) is 0 Å². The van der Waals surface area contributed by atoms with Crippen LogP contribution >= 0.6 is 0 Å². The summed E-state index contributed by atoms with van der Waals surface area (Å²) in [5.41, 5.74) is 1.88. The highest BCUT2D eigenvalue weighted by Gasteiger charge is 2.13. The van der Waals surface area contributed by atoms with E-state index < -0.39 is 0 Å². The number of rotatable bonds is 5. The van der Waals surface area contributed by atoms with Crippen molar-refractivity contribution in [1.82, 2.24) is 15.5 Å². The molecule has 0 radical (unpaired) electrons. The van der Waals surface area contributed by atoms with Gasteiger partial charge in [-0.15, -0.1) is 10.2 Å². The molecular weight excluding hydrogens is 300 g/mol. The maximum atomic E-state index is 12.2. The van der Waals surface area contributed by atoms with Crippen LogP contribution in [0.3, 0.4) is 0 Å². The molecule has 2 heterocycles. The van der Waals surface area contributed by atoms with Gasteiger partial charge >= 0.3 is 0 Å². The molecule has 0 unspecified atom stereocenters. The van der Waals surface area contributed by atoms with E-state index in [9.17, 15) is 4.79 Å². The van der Waals surface area contributed by atoms with Crippen molar-refractivity contribution in [2.45, 2.75) is 57.8 Å². The van der Waals surface area contributed by atoms with Crippen LogP contribution in [-0.2, 0) is 0 Å². The zero-order chi connectivity index (χ0) is 16.6. The van der Waals surface area contributed by atoms with Gasteiger partial charge < -0.3 is 10.2 Å². The van der Waals surface area contributed by atoms with Crippen LogP contribution in [0.1, 0.15) is 68.3 Å². The Bertz CT molecular complexity index is 559. The van der Waals surface area contributed by atoms with E-state index in [1.807, 2.05) is 6.07 Å². The van der Waals surface area contributed by atoms with E-state index >= 15 is 0 Å². The van der Waals surface area contributed by atoms with Crippen molar-refractivity contribution in [2.75, 3.05) is 24.5 Å². The number of nitrogens with zero attached hydrogens (tertiary/aromatic N) is 3. The second-order valence-corrected chi connectivity index (χ2v) is 6.79. The number of carbonyl (C=O) groups excluding carboxylic acids is 1. The van der Waals surface area contributed by atoms with Gasteiger partial charge in [0, 0.05) is 19.6 Å². The molecule has 1 N–H and O–H groups in total. The average molecular weight is 328 g/mol. The first-order valence-electron chi connectivity index (χ1n) is 9.38. The van der Waals surface area contributed by atoms with Crippen LogP contribution in [0.5, 0.6) is 0 Å². The molecule has 1 aliphatic heterocycles. The SMILES string of the molecule is O=C(NCCC1=CCCCC1)c1ccc(N2CCCCCC2)nn1. The van der Waals surface area contributed by atoms with Gasteiger partial charge in [-0.3, -0.25) is 4.79 Å². The highest BCUT2D eigenvalue weighted by molar-refractivity contribution is 5.92. The minimum Gasteiger partial charge on any atom is -0.355 e. The Labute approximate surface area is 144 Å². The third kappa shape index (κ3) is 4.79. The molecular formula is C19H28N4O. The molecule has 1 amide bonds. The van der Waals surface area contributed by atoms with Gasteiger partial charge in [0.05, 0.1) is 0 Å². The normalized spacial score (nSPS) is 18.7. The Morgan fingerprint density at radius 2 is 1.88 bits per heavy atom. The third-order valence-electron chi connectivity index (χ3n) is 4.93. The lowest BCUT2D eigenvalue weighted by molar-refractivity contribution is 0.0948. The summed E-state index contributed by atoms with van der Waals surface area (Å²) in [5, 5.41) is 11.4. The largest absolute Gasteiger partial charge is 0.355 e. The Balaban J connectivity index is 1.49. The highest BCUT2D eigenvalue weighted by atomic mass is 16.1. The van der Waals surface area contributed by atoms with Crippen molar-refractivity contribution in [3.05, 3.63) is 29.5 Å². The molecule has 1 aromatic rings. The second-order valence-electron chi connectivity index (χ2n) is 6.79. The molecule has 3 rings (SSSR count). The van der Waals surface area contributed by atoms with Gasteiger partial charge in [0.25, 0.3) is 5.91 Å². The average Bonchev–Trinajstić information content (AvgIpc) is 2.92. The van der Waals surface area contributed by atoms with E-state index in [0.717, 1.165) is 25.3 Å². The fourth-order valence-corrected chi connectivity index (χ4v) is 3.47. The zero-order valence-corrected chi connectivity index (χ0v) is 14.5. The van der Waals surface area contributed by atoms with Crippen molar-refractivity contribution in [3.8, 4) is 0 Å². The lowest BCUT2D eigenvalue weighted by atomic mass is 9.97. The number of nitrogens with one attached hydrogen (secondary N) is 1. The molecule has 1 aliphatic carbocycles. The number of hydrogen-bond donors (Lipinski definition) is 1. The van der Waals surface area contributed by atoms with Gasteiger partial charge in [-0.1, -0.05) is 24.5 Å². The van der Waals surface area contributed by atoms with Gasteiger partial charge in [0.15, 0.2) is 11.5 Å². The monoisotopic (exact) mass is 328 g/mol. The molecule has 5 nitrogen and oxygen atoms in total. The predicted octanol–water partition coefficient (Wildman–Crippen LogP) is 3.48. The molecule has 0 saturated carbocycles. The van der Waals surface area contributed by atoms with E-state index in [4.69, 9.17) is 0 Å². The quantitative estimate of drug-likeness (QED) is 0.841. The second kappa shape index (κ2) is 8.81. The maximum Gasteiger partial charge on any atom is 0.271 e. The number of aromatic nitrogens is 2. The Morgan fingerprint density at radius 3 is 2.54 bits per heavy atom. The van der Waals surface area contributed by atoms with Crippen molar-refractivity contribution in [2.24, 2.45) is 0 Å². The zero-order valence-electron chi connectivity index (χ0n) is 14.5. The van der Waals surface area contributed by atoms with E-state index in [1.165, 1.54) is 56.9 Å². The van der Waals surface area contributed by atoms with Crippen molar-refractivity contribution in [1.29, 1.82) is 0 Å². The molecule has 24 heavy (non-hydrogen) atoms. The van der Waals surface area contributed by atoms with Crippen molar-refractivity contribution < 1.29 is 4.79 Å². The minimum absolute atomic E-state index is 0.124. The number of hydrogen-bond acceptors (Lipinski definition) is 4. The molecule has 0 atom stereocenters. The fraction of sp³-hybridized carbons (Fsp3) is 0.632. The highest BCUT2D eigenvalue weighted by Crippen LogP contribution is 2.19. The molecule has 1 aromatic heterocycles. The predicted molar refractivity (Wildman–Crippen MR) is 96.2 cm³/mol. The summed E-state index contributed by atoms with van der Waals surface area (Å²) in [6, 6.07) is 3.72. The van der Waals surface area contributed by atoms with Crippen molar-refractivity contribution in [3.63, 3.8) is 0 Å². The first kappa shape index (κ1) is 16.9. The molecule has 0 aromatic carbocycles. The Morgan fingerprint density at radius 1 is 1.04 bits per heavy atom. The van der Waals surface area contributed by atoms with E-state index in [-0.39, 0.29) is 5.91 Å². The molecule has 5 heteroatoms. The molecule has 0 spiro atoms. The first-order chi connectivity index (χ1) is 11.8. The van der Waals surface area contributed by atoms with Gasteiger partial charge in [-0.05, 0) is 57.1 Å². The number of carbonyl (C=O) groups is 1. The maximum absolute atomic E-state index is 12.2. The topological polar surface area (TPSA) is 58.1 Å². The van der Waals surface area contributed by atoms with Crippen LogP contribution < -0.4 is 10.2 Å². The van der Waals surface area contributed by atoms with Crippen molar-refractivity contribution >= 4 is 11.7 Å². The summed E-state index contributed by atoms with van der Waals surface area (Å²) in [6.45, 7) is 2.75.